The lowest BCUT2D eigenvalue weighted by atomic mass is 10.1. The Labute approximate surface area is 151 Å². The number of aromatic nitrogens is 1. The molecule has 1 aromatic heterocycles. The van der Waals surface area contributed by atoms with Gasteiger partial charge in [0.1, 0.15) is 0 Å². The van der Waals surface area contributed by atoms with Gasteiger partial charge >= 0.3 is 0 Å². The first-order chi connectivity index (χ1) is 12.7. The van der Waals surface area contributed by atoms with E-state index >= 15 is 0 Å². The molecule has 1 N–H and O–H groups in total. The van der Waals surface area contributed by atoms with E-state index in [4.69, 9.17) is 0 Å². The number of rotatable bonds is 3. The van der Waals surface area contributed by atoms with Gasteiger partial charge in [-0.15, -0.1) is 0 Å². The Morgan fingerprint density at radius 1 is 0.923 bits per heavy atom. The third-order valence-electron chi connectivity index (χ3n) is 4.44. The van der Waals surface area contributed by atoms with E-state index in [0.29, 0.717) is 17.7 Å². The molecule has 3 aromatic rings. The van der Waals surface area contributed by atoms with E-state index in [2.05, 4.69) is 10.3 Å². The highest BCUT2D eigenvalue weighted by molar-refractivity contribution is 6.08. The summed E-state index contributed by atoms with van der Waals surface area (Å²) in [4.78, 5) is 30.7. The quantitative estimate of drug-likeness (QED) is 0.791. The van der Waals surface area contributed by atoms with Gasteiger partial charge < -0.3 is 10.2 Å². The first-order valence-corrected chi connectivity index (χ1v) is 8.43. The first kappa shape index (κ1) is 16.0. The first-order valence-electron chi connectivity index (χ1n) is 8.43. The lowest BCUT2D eigenvalue weighted by molar-refractivity contribution is 0.0987. The fraction of sp³-hybridized carbons (Fsp3) is 0.0952. The van der Waals surface area contributed by atoms with Gasteiger partial charge in [0.15, 0.2) is 0 Å². The summed E-state index contributed by atoms with van der Waals surface area (Å²) in [7, 11) is 0. The minimum atomic E-state index is -0.178. The van der Waals surface area contributed by atoms with Crippen molar-refractivity contribution in [2.24, 2.45) is 0 Å². The van der Waals surface area contributed by atoms with Crippen molar-refractivity contribution in [3.05, 3.63) is 89.7 Å². The number of benzene rings is 2. The standard InChI is InChI=1S/C21H17N3O2/c25-20(15-8-11-22-12-9-15)23-18-6-7-19-17(14-18)10-13-24(19)21(26)16-4-2-1-3-5-16/h1-9,11-12,14H,10,13H2,(H,23,25). The highest BCUT2D eigenvalue weighted by Gasteiger charge is 2.25. The van der Waals surface area contributed by atoms with Crippen LogP contribution in [0.2, 0.25) is 0 Å². The molecular formula is C21H17N3O2. The van der Waals surface area contributed by atoms with Crippen LogP contribution in [0.1, 0.15) is 26.3 Å². The number of anilines is 2. The molecule has 5 nitrogen and oxygen atoms in total. The van der Waals surface area contributed by atoms with Crippen LogP contribution in [0.5, 0.6) is 0 Å². The van der Waals surface area contributed by atoms with Crippen molar-refractivity contribution in [3.63, 3.8) is 0 Å². The summed E-state index contributed by atoms with van der Waals surface area (Å²) in [6.07, 6.45) is 3.95. The van der Waals surface area contributed by atoms with Crippen LogP contribution in [0.3, 0.4) is 0 Å². The number of nitrogens with one attached hydrogen (secondary N) is 1. The largest absolute Gasteiger partial charge is 0.322 e. The summed E-state index contributed by atoms with van der Waals surface area (Å²) in [5.41, 5.74) is 3.92. The van der Waals surface area contributed by atoms with Gasteiger partial charge in [0.25, 0.3) is 11.8 Å². The van der Waals surface area contributed by atoms with E-state index in [1.54, 1.807) is 29.4 Å². The van der Waals surface area contributed by atoms with E-state index in [0.717, 1.165) is 23.4 Å². The van der Waals surface area contributed by atoms with Crippen LogP contribution in [-0.4, -0.2) is 23.3 Å². The monoisotopic (exact) mass is 343 g/mol. The van der Waals surface area contributed by atoms with Crippen molar-refractivity contribution in [2.75, 3.05) is 16.8 Å². The second-order valence-corrected chi connectivity index (χ2v) is 6.11. The maximum Gasteiger partial charge on any atom is 0.258 e. The highest BCUT2D eigenvalue weighted by atomic mass is 16.2. The molecule has 1 aliphatic heterocycles. The summed E-state index contributed by atoms with van der Waals surface area (Å²) in [5, 5.41) is 2.89. The summed E-state index contributed by atoms with van der Waals surface area (Å²) < 4.78 is 0. The maximum absolute atomic E-state index is 12.7. The molecule has 0 spiro atoms. The van der Waals surface area contributed by atoms with Gasteiger partial charge in [-0.3, -0.25) is 14.6 Å². The second-order valence-electron chi connectivity index (χ2n) is 6.11. The fourth-order valence-corrected chi connectivity index (χ4v) is 3.13. The smallest absolute Gasteiger partial charge is 0.258 e. The van der Waals surface area contributed by atoms with Crippen LogP contribution in [0.4, 0.5) is 11.4 Å². The molecule has 2 heterocycles. The summed E-state index contributed by atoms with van der Waals surface area (Å²) in [6, 6.07) is 18.3. The van der Waals surface area contributed by atoms with Crippen molar-refractivity contribution in [2.45, 2.75) is 6.42 Å². The number of hydrogen-bond donors (Lipinski definition) is 1. The zero-order chi connectivity index (χ0) is 17.9. The van der Waals surface area contributed by atoms with Gasteiger partial charge in [-0.25, -0.2) is 0 Å². The van der Waals surface area contributed by atoms with Crippen molar-refractivity contribution < 1.29 is 9.59 Å². The van der Waals surface area contributed by atoms with Crippen LogP contribution >= 0.6 is 0 Å². The molecule has 2 aromatic carbocycles. The summed E-state index contributed by atoms with van der Waals surface area (Å²) in [5.74, 6) is -0.180. The average Bonchev–Trinajstić information content (AvgIpc) is 3.12. The van der Waals surface area contributed by atoms with Crippen molar-refractivity contribution in [1.82, 2.24) is 4.98 Å². The summed E-state index contributed by atoms with van der Waals surface area (Å²) >= 11 is 0. The Morgan fingerprint density at radius 3 is 2.46 bits per heavy atom. The van der Waals surface area contributed by atoms with Crippen LogP contribution in [0.15, 0.2) is 73.1 Å². The van der Waals surface area contributed by atoms with Crippen LogP contribution in [0, 0.1) is 0 Å². The zero-order valence-electron chi connectivity index (χ0n) is 14.1. The normalized spacial score (nSPS) is 12.5. The minimum absolute atomic E-state index is 0.00192. The van der Waals surface area contributed by atoms with E-state index in [9.17, 15) is 9.59 Å². The number of pyridine rings is 1. The molecule has 0 aliphatic carbocycles. The fourth-order valence-electron chi connectivity index (χ4n) is 3.13. The Kier molecular flexibility index (Phi) is 4.19. The van der Waals surface area contributed by atoms with Crippen LogP contribution in [0.25, 0.3) is 0 Å². The number of nitrogens with zero attached hydrogens (tertiary/aromatic N) is 2. The number of carbonyl (C=O) groups is 2. The Bertz CT molecular complexity index is 956. The second kappa shape index (κ2) is 6.80. The topological polar surface area (TPSA) is 62.3 Å². The molecule has 0 saturated carbocycles. The molecular weight excluding hydrogens is 326 g/mol. The molecule has 128 valence electrons. The molecule has 2 amide bonds. The predicted molar refractivity (Wildman–Crippen MR) is 100 cm³/mol. The number of carbonyl (C=O) groups excluding carboxylic acids is 2. The predicted octanol–water partition coefficient (Wildman–Crippen LogP) is 3.54. The molecule has 26 heavy (non-hydrogen) atoms. The van der Waals surface area contributed by atoms with Gasteiger partial charge in [-0.05, 0) is 54.4 Å². The van der Waals surface area contributed by atoms with Gasteiger partial charge in [-0.2, -0.15) is 0 Å². The molecule has 0 unspecified atom stereocenters. The number of hydrogen-bond acceptors (Lipinski definition) is 3. The molecule has 0 atom stereocenters. The van der Waals surface area contributed by atoms with Gasteiger partial charge in [0, 0.05) is 41.4 Å². The third-order valence-corrected chi connectivity index (χ3v) is 4.44. The SMILES string of the molecule is O=C(Nc1ccc2c(c1)CCN2C(=O)c1ccccc1)c1ccncc1. The van der Waals surface area contributed by atoms with Crippen LogP contribution < -0.4 is 10.2 Å². The minimum Gasteiger partial charge on any atom is -0.322 e. The van der Waals surface area contributed by atoms with Gasteiger partial charge in [-0.1, -0.05) is 18.2 Å². The van der Waals surface area contributed by atoms with Gasteiger partial charge in [0.05, 0.1) is 0 Å². The molecule has 4 rings (SSSR count). The number of fused-ring (bicyclic) bond motifs is 1. The lowest BCUT2D eigenvalue weighted by Gasteiger charge is -2.17. The molecule has 1 aliphatic rings. The number of amides is 2. The molecule has 0 fully saturated rings. The van der Waals surface area contributed by atoms with E-state index in [1.807, 2.05) is 48.5 Å². The zero-order valence-corrected chi connectivity index (χ0v) is 14.1. The average molecular weight is 343 g/mol. The van der Waals surface area contributed by atoms with Crippen molar-refractivity contribution in [3.8, 4) is 0 Å². The molecule has 5 heteroatoms. The highest BCUT2D eigenvalue weighted by Crippen LogP contribution is 2.31. The van der Waals surface area contributed by atoms with Crippen molar-refractivity contribution in [1.29, 1.82) is 0 Å². The summed E-state index contributed by atoms with van der Waals surface area (Å²) in [6.45, 7) is 0.644. The Balaban J connectivity index is 1.53. The Hall–Kier alpha value is -3.47. The van der Waals surface area contributed by atoms with Crippen molar-refractivity contribution >= 4 is 23.2 Å². The third kappa shape index (κ3) is 3.07. The van der Waals surface area contributed by atoms with Crippen LogP contribution in [-0.2, 0) is 6.42 Å². The van der Waals surface area contributed by atoms with E-state index < -0.39 is 0 Å². The molecule has 0 bridgehead atoms. The molecule has 0 radical (unpaired) electrons. The lowest BCUT2D eigenvalue weighted by Crippen LogP contribution is -2.28. The van der Waals surface area contributed by atoms with E-state index in [-0.39, 0.29) is 11.8 Å². The maximum atomic E-state index is 12.7. The Morgan fingerprint density at radius 2 is 1.69 bits per heavy atom. The molecule has 0 saturated heterocycles. The van der Waals surface area contributed by atoms with E-state index in [1.165, 1.54) is 0 Å². The van der Waals surface area contributed by atoms with Gasteiger partial charge in [0.2, 0.25) is 0 Å².